The summed E-state index contributed by atoms with van der Waals surface area (Å²) in [7, 11) is 0. The molecule has 0 N–H and O–H groups in total. The minimum absolute atomic E-state index is 0.0871. The highest BCUT2D eigenvalue weighted by atomic mass is 16.2. The molecule has 4 heteroatoms. The topological polar surface area (TPSA) is 40.6 Å². The second kappa shape index (κ2) is 12.9. The molecule has 2 amide bonds. The molecule has 1 spiro atoms. The number of rotatable bonds is 3. The van der Waals surface area contributed by atoms with Crippen molar-refractivity contribution >= 4 is 11.8 Å². The maximum Gasteiger partial charge on any atom is 0.245 e. The number of nitrogens with zero attached hydrogens (tertiary/aromatic N) is 2. The Hall–Kier alpha value is -1.58. The Morgan fingerprint density at radius 1 is 0.966 bits per heavy atom. The first-order chi connectivity index (χ1) is 13.9. The van der Waals surface area contributed by atoms with Crippen molar-refractivity contribution in [2.45, 2.75) is 79.1 Å². The molecule has 0 aromatic heterocycles. The van der Waals surface area contributed by atoms with Gasteiger partial charge in [-0.15, -0.1) is 0 Å². The van der Waals surface area contributed by atoms with E-state index in [2.05, 4.69) is 27.0 Å². The summed E-state index contributed by atoms with van der Waals surface area (Å²) in [6, 6.07) is 0. The van der Waals surface area contributed by atoms with Gasteiger partial charge in [-0.3, -0.25) is 9.59 Å². The van der Waals surface area contributed by atoms with Gasteiger partial charge in [0.2, 0.25) is 11.8 Å². The number of carbonyl (C=O) groups is 2. The van der Waals surface area contributed by atoms with Gasteiger partial charge in [-0.1, -0.05) is 60.1 Å². The standard InChI is InChI=1S/C13H21NO.C10H17NO.C2H6/c1-3-11-6-5-7-13(8-11)9-14(10-13)12(15)4-2;1-3-10(12)11-7-4-5-9(2)6-8-11;1-2/h4,11H,2-3,5-10H2,1H3;3,9H,1,4-8H2,2H3;1-2H3. The van der Waals surface area contributed by atoms with Gasteiger partial charge in [-0.25, -0.2) is 0 Å². The van der Waals surface area contributed by atoms with Gasteiger partial charge in [0.05, 0.1) is 0 Å². The minimum Gasteiger partial charge on any atom is -0.339 e. The first kappa shape index (κ1) is 25.5. The SMILES string of the molecule is C=CC(=O)N1CC2(CCCC(CC)C2)C1.C=CC(=O)N1CCCC(C)CC1.CC. The summed E-state index contributed by atoms with van der Waals surface area (Å²) in [5.41, 5.74) is 0.484. The Morgan fingerprint density at radius 3 is 2.17 bits per heavy atom. The molecule has 2 aliphatic heterocycles. The van der Waals surface area contributed by atoms with Crippen LogP contribution in [0.2, 0.25) is 0 Å². The van der Waals surface area contributed by atoms with Gasteiger partial charge in [-0.2, -0.15) is 0 Å². The predicted molar refractivity (Wildman–Crippen MR) is 123 cm³/mol. The molecule has 0 aromatic rings. The molecule has 0 aromatic carbocycles. The molecular formula is C25H44N2O2. The van der Waals surface area contributed by atoms with Crippen molar-refractivity contribution in [1.82, 2.24) is 9.80 Å². The van der Waals surface area contributed by atoms with Crippen molar-refractivity contribution in [2.24, 2.45) is 17.3 Å². The molecule has 2 saturated heterocycles. The summed E-state index contributed by atoms with van der Waals surface area (Å²) in [6.07, 6.45) is 13.1. The van der Waals surface area contributed by atoms with E-state index in [-0.39, 0.29) is 11.8 Å². The Balaban J connectivity index is 0.000000273. The van der Waals surface area contributed by atoms with Gasteiger partial charge in [0.1, 0.15) is 0 Å². The van der Waals surface area contributed by atoms with Crippen LogP contribution in [0.4, 0.5) is 0 Å². The molecule has 2 atom stereocenters. The summed E-state index contributed by atoms with van der Waals surface area (Å²) >= 11 is 0. The lowest BCUT2D eigenvalue weighted by atomic mass is 9.64. The molecule has 3 fully saturated rings. The van der Waals surface area contributed by atoms with Crippen LogP contribution in [0.1, 0.15) is 79.1 Å². The zero-order chi connectivity index (χ0) is 21.9. The number of carbonyl (C=O) groups excluding carboxylic acids is 2. The van der Waals surface area contributed by atoms with Crippen LogP contribution in [0.3, 0.4) is 0 Å². The number of likely N-dealkylation sites (tertiary alicyclic amines) is 2. The summed E-state index contributed by atoms with van der Waals surface area (Å²) in [6.45, 7) is 19.4. The smallest absolute Gasteiger partial charge is 0.245 e. The summed E-state index contributed by atoms with van der Waals surface area (Å²) in [5.74, 6) is 1.87. The van der Waals surface area contributed by atoms with Crippen molar-refractivity contribution in [1.29, 1.82) is 0 Å². The van der Waals surface area contributed by atoms with Gasteiger partial charge in [-0.05, 0) is 56.1 Å². The fourth-order valence-electron chi connectivity index (χ4n) is 4.88. The Labute approximate surface area is 179 Å². The molecule has 1 aliphatic carbocycles. The van der Waals surface area contributed by atoms with E-state index in [0.29, 0.717) is 5.41 Å². The zero-order valence-corrected chi connectivity index (χ0v) is 19.4. The predicted octanol–water partition coefficient (Wildman–Crippen LogP) is 5.45. The monoisotopic (exact) mass is 404 g/mol. The minimum atomic E-state index is 0.0871. The van der Waals surface area contributed by atoms with E-state index in [9.17, 15) is 9.59 Å². The number of amides is 2. The van der Waals surface area contributed by atoms with Crippen LogP contribution in [0.5, 0.6) is 0 Å². The molecule has 29 heavy (non-hydrogen) atoms. The first-order valence-electron chi connectivity index (χ1n) is 11.8. The molecule has 3 rings (SSSR count). The largest absolute Gasteiger partial charge is 0.339 e. The molecule has 0 bridgehead atoms. The summed E-state index contributed by atoms with van der Waals surface area (Å²) < 4.78 is 0. The third-order valence-electron chi connectivity index (χ3n) is 6.66. The fourth-order valence-corrected chi connectivity index (χ4v) is 4.88. The highest BCUT2D eigenvalue weighted by Crippen LogP contribution is 2.46. The molecule has 4 nitrogen and oxygen atoms in total. The molecule has 3 aliphatic rings. The fraction of sp³-hybridized carbons (Fsp3) is 0.760. The van der Waals surface area contributed by atoms with E-state index >= 15 is 0 Å². The maximum absolute atomic E-state index is 11.4. The molecule has 166 valence electrons. The zero-order valence-electron chi connectivity index (χ0n) is 19.4. The lowest BCUT2D eigenvalue weighted by Crippen LogP contribution is -2.59. The second-order valence-corrected chi connectivity index (χ2v) is 8.83. The average molecular weight is 405 g/mol. The van der Waals surface area contributed by atoms with Gasteiger partial charge < -0.3 is 9.80 Å². The van der Waals surface area contributed by atoms with Crippen LogP contribution >= 0.6 is 0 Å². The van der Waals surface area contributed by atoms with Crippen LogP contribution in [0, 0.1) is 17.3 Å². The lowest BCUT2D eigenvalue weighted by molar-refractivity contribution is -0.141. The Kier molecular flexibility index (Phi) is 11.3. The average Bonchev–Trinajstić information content (AvgIpc) is 2.97. The van der Waals surface area contributed by atoms with Crippen LogP contribution in [-0.2, 0) is 9.59 Å². The maximum atomic E-state index is 11.4. The summed E-state index contributed by atoms with van der Waals surface area (Å²) in [5, 5.41) is 0. The van der Waals surface area contributed by atoms with Crippen molar-refractivity contribution in [3.05, 3.63) is 25.3 Å². The number of hydrogen-bond acceptors (Lipinski definition) is 2. The van der Waals surface area contributed by atoms with E-state index in [1.54, 1.807) is 0 Å². The van der Waals surface area contributed by atoms with E-state index in [4.69, 9.17) is 0 Å². The number of hydrogen-bond donors (Lipinski definition) is 0. The van der Waals surface area contributed by atoms with Crippen LogP contribution in [0.15, 0.2) is 25.3 Å². The van der Waals surface area contributed by atoms with Crippen LogP contribution in [-0.4, -0.2) is 47.8 Å². The normalized spacial score (nSPS) is 25.2. The van der Waals surface area contributed by atoms with Gasteiger partial charge in [0.15, 0.2) is 0 Å². The Bertz CT molecular complexity index is 537. The lowest BCUT2D eigenvalue weighted by Gasteiger charge is -2.53. The van der Waals surface area contributed by atoms with E-state index in [1.165, 1.54) is 50.7 Å². The quantitative estimate of drug-likeness (QED) is 0.587. The molecule has 2 unspecified atom stereocenters. The van der Waals surface area contributed by atoms with Gasteiger partial charge in [0.25, 0.3) is 0 Å². The van der Waals surface area contributed by atoms with E-state index in [1.807, 2.05) is 23.6 Å². The first-order valence-corrected chi connectivity index (χ1v) is 11.8. The van der Waals surface area contributed by atoms with Crippen molar-refractivity contribution in [3.8, 4) is 0 Å². The van der Waals surface area contributed by atoms with Gasteiger partial charge >= 0.3 is 0 Å². The molecule has 2 heterocycles. The van der Waals surface area contributed by atoms with E-state index < -0.39 is 0 Å². The molecular weight excluding hydrogens is 360 g/mol. The second-order valence-electron chi connectivity index (χ2n) is 8.83. The van der Waals surface area contributed by atoms with E-state index in [0.717, 1.165) is 50.9 Å². The van der Waals surface area contributed by atoms with Gasteiger partial charge in [0, 0.05) is 31.6 Å². The third kappa shape index (κ3) is 7.64. The van der Waals surface area contributed by atoms with Crippen molar-refractivity contribution in [2.75, 3.05) is 26.2 Å². The highest BCUT2D eigenvalue weighted by Gasteiger charge is 2.46. The molecule has 0 radical (unpaired) electrons. The van der Waals surface area contributed by atoms with Crippen molar-refractivity contribution < 1.29 is 9.59 Å². The van der Waals surface area contributed by atoms with Crippen LogP contribution in [0.25, 0.3) is 0 Å². The Morgan fingerprint density at radius 2 is 1.59 bits per heavy atom. The molecule has 1 saturated carbocycles. The third-order valence-corrected chi connectivity index (χ3v) is 6.66. The van der Waals surface area contributed by atoms with Crippen LogP contribution < -0.4 is 0 Å². The highest BCUT2D eigenvalue weighted by molar-refractivity contribution is 5.87. The summed E-state index contributed by atoms with van der Waals surface area (Å²) in [4.78, 5) is 26.4. The van der Waals surface area contributed by atoms with Crippen molar-refractivity contribution in [3.63, 3.8) is 0 Å².